The van der Waals surface area contributed by atoms with Crippen LogP contribution in [0.2, 0.25) is 5.02 Å². The van der Waals surface area contributed by atoms with Gasteiger partial charge in [-0.05, 0) is 30.7 Å². The van der Waals surface area contributed by atoms with Crippen LogP contribution in [-0.2, 0) is 4.74 Å². The van der Waals surface area contributed by atoms with E-state index in [1.165, 1.54) is 18.5 Å². The van der Waals surface area contributed by atoms with Gasteiger partial charge in [-0.1, -0.05) is 11.6 Å². The quantitative estimate of drug-likeness (QED) is 0.365. The summed E-state index contributed by atoms with van der Waals surface area (Å²) in [6.45, 7) is 4.75. The van der Waals surface area contributed by atoms with E-state index in [0.717, 1.165) is 45.3 Å². The van der Waals surface area contributed by atoms with Crippen LogP contribution in [0.15, 0.2) is 36.7 Å². The number of fused-ring (bicyclic) bond motifs is 1. The van der Waals surface area contributed by atoms with Gasteiger partial charge in [-0.2, -0.15) is 0 Å². The van der Waals surface area contributed by atoms with Crippen LogP contribution in [0.25, 0.3) is 10.9 Å². The van der Waals surface area contributed by atoms with E-state index < -0.39 is 5.82 Å². The number of morpholine rings is 1. The number of hydrogen-bond acceptors (Lipinski definition) is 8. The summed E-state index contributed by atoms with van der Waals surface area (Å²) in [6.07, 6.45) is 2.12. The lowest BCUT2D eigenvalue weighted by molar-refractivity contribution is 0.0357. The van der Waals surface area contributed by atoms with Crippen LogP contribution in [-0.4, -0.2) is 61.4 Å². The van der Waals surface area contributed by atoms with E-state index in [0.29, 0.717) is 34.1 Å². The number of ether oxygens (including phenoxy) is 3. The molecule has 0 aliphatic carbocycles. The number of halogens is 2. The van der Waals surface area contributed by atoms with Gasteiger partial charge in [0.25, 0.3) is 0 Å². The molecule has 2 aromatic carbocycles. The lowest BCUT2D eigenvalue weighted by Crippen LogP contribution is -2.37. The zero-order chi connectivity index (χ0) is 22.5. The van der Waals surface area contributed by atoms with Gasteiger partial charge >= 0.3 is 0 Å². The second kappa shape index (κ2) is 10.3. The van der Waals surface area contributed by atoms with Gasteiger partial charge in [0.1, 0.15) is 18.0 Å². The third kappa shape index (κ3) is 5.02. The number of rotatable bonds is 8. The monoisotopic (exact) mass is 461 g/mol. The maximum atomic E-state index is 13.5. The van der Waals surface area contributed by atoms with Crippen LogP contribution in [0, 0.1) is 11.0 Å². The first-order chi connectivity index (χ1) is 15.6. The van der Waals surface area contributed by atoms with Crippen molar-refractivity contribution in [2.75, 3.05) is 51.6 Å². The van der Waals surface area contributed by atoms with E-state index in [4.69, 9.17) is 25.8 Å². The Morgan fingerprint density at radius 1 is 1.19 bits per heavy atom. The van der Waals surface area contributed by atoms with E-state index in [1.54, 1.807) is 19.2 Å². The smallest absolute Gasteiger partial charge is 0.162 e. The van der Waals surface area contributed by atoms with Crippen molar-refractivity contribution in [1.29, 1.82) is 0 Å². The SMILES string of the molecule is COc1cc2ncnc(N([O-])c3ccc(F)c(Cl)c3)c2cc1OCCCN1CCOCC1. The van der Waals surface area contributed by atoms with Crippen LogP contribution < -0.4 is 14.5 Å². The minimum atomic E-state index is -0.603. The van der Waals surface area contributed by atoms with Crippen LogP contribution in [0.3, 0.4) is 0 Å². The Balaban J connectivity index is 1.56. The molecule has 1 aliphatic rings. The molecule has 0 spiro atoms. The number of anilines is 2. The van der Waals surface area contributed by atoms with E-state index >= 15 is 0 Å². The van der Waals surface area contributed by atoms with Gasteiger partial charge in [-0.3, -0.25) is 4.90 Å². The molecule has 4 rings (SSSR count). The minimum Gasteiger partial charge on any atom is -0.753 e. The Bertz CT molecular complexity index is 1080. The van der Waals surface area contributed by atoms with Gasteiger partial charge < -0.3 is 24.5 Å². The zero-order valence-electron chi connectivity index (χ0n) is 17.6. The van der Waals surface area contributed by atoms with Crippen LogP contribution in [0.4, 0.5) is 15.9 Å². The number of nitrogens with zero attached hydrogens (tertiary/aromatic N) is 4. The highest BCUT2D eigenvalue weighted by atomic mass is 35.5. The molecule has 0 bridgehead atoms. The predicted molar refractivity (Wildman–Crippen MR) is 120 cm³/mol. The molecule has 0 saturated carbocycles. The summed E-state index contributed by atoms with van der Waals surface area (Å²) in [5.41, 5.74) is 0.668. The first-order valence-electron chi connectivity index (χ1n) is 10.2. The molecule has 0 amide bonds. The lowest BCUT2D eigenvalue weighted by Gasteiger charge is -2.30. The zero-order valence-corrected chi connectivity index (χ0v) is 18.3. The molecule has 8 nitrogen and oxygen atoms in total. The number of methoxy groups -OCH3 is 1. The second-order valence-corrected chi connectivity index (χ2v) is 7.67. The van der Waals surface area contributed by atoms with Gasteiger partial charge in [0.05, 0.1) is 37.5 Å². The predicted octanol–water partition coefficient (Wildman–Crippen LogP) is 4.17. The van der Waals surface area contributed by atoms with Crippen LogP contribution in [0.1, 0.15) is 6.42 Å². The topological polar surface area (TPSA) is 83.0 Å². The average molecular weight is 462 g/mol. The van der Waals surface area contributed by atoms with Crippen LogP contribution >= 0.6 is 11.6 Å². The summed E-state index contributed by atoms with van der Waals surface area (Å²) in [5.74, 6) is 0.492. The lowest BCUT2D eigenvalue weighted by atomic mass is 10.2. The molecular formula is C22H23ClFN4O4-. The molecule has 1 fully saturated rings. The fourth-order valence-corrected chi connectivity index (χ4v) is 3.69. The molecule has 1 aliphatic heterocycles. The molecule has 0 unspecified atom stereocenters. The highest BCUT2D eigenvalue weighted by Crippen LogP contribution is 2.37. The molecule has 0 atom stereocenters. The summed E-state index contributed by atoms with van der Waals surface area (Å²) in [7, 11) is 1.55. The van der Waals surface area contributed by atoms with Crippen molar-refractivity contribution < 1.29 is 18.6 Å². The van der Waals surface area contributed by atoms with Crippen molar-refractivity contribution in [2.24, 2.45) is 0 Å². The van der Waals surface area contributed by atoms with E-state index in [9.17, 15) is 9.60 Å². The summed E-state index contributed by atoms with van der Waals surface area (Å²) in [4.78, 5) is 10.7. The summed E-state index contributed by atoms with van der Waals surface area (Å²) in [5, 5.41) is 13.9. The van der Waals surface area contributed by atoms with Gasteiger partial charge in [0.2, 0.25) is 0 Å². The normalized spacial score (nSPS) is 14.5. The van der Waals surface area contributed by atoms with E-state index in [2.05, 4.69) is 14.9 Å². The van der Waals surface area contributed by atoms with E-state index in [1.807, 2.05) is 0 Å². The number of aromatic nitrogens is 2. The molecule has 1 saturated heterocycles. The van der Waals surface area contributed by atoms with Gasteiger partial charge in [-0.15, -0.1) is 0 Å². The van der Waals surface area contributed by atoms with Crippen molar-refractivity contribution in [1.82, 2.24) is 14.9 Å². The summed E-state index contributed by atoms with van der Waals surface area (Å²) in [6, 6.07) is 7.12. The third-order valence-electron chi connectivity index (χ3n) is 5.21. The first kappa shape index (κ1) is 22.5. The molecule has 0 radical (unpaired) electrons. The molecule has 170 valence electrons. The first-order valence-corrected chi connectivity index (χ1v) is 10.6. The fraction of sp³-hybridized carbons (Fsp3) is 0.364. The summed E-state index contributed by atoms with van der Waals surface area (Å²) < 4.78 is 30.3. The molecule has 3 aromatic rings. The van der Waals surface area contributed by atoms with Crippen molar-refractivity contribution in [2.45, 2.75) is 6.42 Å². The van der Waals surface area contributed by atoms with E-state index in [-0.39, 0.29) is 16.5 Å². The van der Waals surface area contributed by atoms with Gasteiger partial charge in [0, 0.05) is 36.8 Å². The minimum absolute atomic E-state index is 0.0958. The Kier molecular flexibility index (Phi) is 7.21. The highest BCUT2D eigenvalue weighted by Gasteiger charge is 2.15. The number of hydrogen-bond donors (Lipinski definition) is 0. The van der Waals surface area contributed by atoms with Crippen molar-refractivity contribution in [3.63, 3.8) is 0 Å². The Morgan fingerprint density at radius 3 is 2.75 bits per heavy atom. The largest absolute Gasteiger partial charge is 0.753 e. The molecule has 10 heteroatoms. The van der Waals surface area contributed by atoms with Gasteiger partial charge in [-0.25, -0.2) is 14.4 Å². The Hall–Kier alpha value is -2.72. The molecule has 32 heavy (non-hydrogen) atoms. The summed E-state index contributed by atoms with van der Waals surface area (Å²) >= 11 is 5.84. The van der Waals surface area contributed by atoms with Crippen molar-refractivity contribution in [3.8, 4) is 11.5 Å². The molecular weight excluding hydrogens is 439 g/mol. The maximum absolute atomic E-state index is 13.5. The van der Waals surface area contributed by atoms with Crippen molar-refractivity contribution >= 4 is 34.0 Å². The molecule has 2 heterocycles. The maximum Gasteiger partial charge on any atom is 0.162 e. The number of benzene rings is 2. The molecule has 0 N–H and O–H groups in total. The highest BCUT2D eigenvalue weighted by molar-refractivity contribution is 6.31. The standard InChI is InChI=1S/C22H23ClFN4O4/c1-30-20-13-19-16(12-21(20)32-8-2-5-27-6-9-31-10-7-27)22(26-14-25-19)28(29)15-3-4-18(24)17(23)11-15/h3-4,11-14H,2,5-10H2,1H3/q-1. The fourth-order valence-electron chi connectivity index (χ4n) is 3.51. The van der Waals surface area contributed by atoms with Gasteiger partial charge in [0.15, 0.2) is 11.5 Å². The Labute approximate surface area is 190 Å². The Morgan fingerprint density at radius 2 is 2.00 bits per heavy atom. The van der Waals surface area contributed by atoms with Crippen molar-refractivity contribution in [3.05, 3.63) is 52.7 Å². The second-order valence-electron chi connectivity index (χ2n) is 7.27. The average Bonchev–Trinajstić information content (AvgIpc) is 2.83. The third-order valence-corrected chi connectivity index (χ3v) is 5.50. The van der Waals surface area contributed by atoms with Crippen LogP contribution in [0.5, 0.6) is 11.5 Å². The molecule has 1 aromatic heterocycles.